The molecule has 4 nitrogen and oxygen atoms in total. The SMILES string of the molecule is C1=Cc2nc1c(-c1ccc(/C=C\C3=C(c4ccccc4)C4C=CC3C4)cc1)c1ccc([nH]1)c(-c1ccc(/C=C\C3=C(c4ccccc4)C4C=CC3C4)cc1)c1nc(c(-c3ccc(/C=C\C4=C(c5ccccc5)C5C=CC4C5)cc3)c3ccc([nH]3)c2-c2ccc(/C=C\C3=C(c4ccccc4)C4C=CC3C4)cc2)C=C1. The van der Waals surface area contributed by atoms with E-state index in [0.717, 1.165) is 137 Å². The lowest BCUT2D eigenvalue weighted by atomic mass is 9.90. The van der Waals surface area contributed by atoms with Crippen LogP contribution in [-0.4, -0.2) is 19.9 Å². The monoisotopic (exact) mass is 1380 g/mol. The average molecular weight is 1380 g/mol. The maximum atomic E-state index is 5.79. The molecule has 0 saturated carbocycles. The van der Waals surface area contributed by atoms with Crippen LogP contribution in [0.25, 0.3) is 137 Å². The van der Waals surface area contributed by atoms with Crippen LogP contribution in [0.15, 0.2) is 338 Å². The van der Waals surface area contributed by atoms with E-state index in [1.165, 1.54) is 66.8 Å². The van der Waals surface area contributed by atoms with Crippen LogP contribution in [-0.2, 0) is 0 Å². The predicted octanol–water partition coefficient (Wildman–Crippen LogP) is 26.0. The van der Waals surface area contributed by atoms with Crippen LogP contribution in [0.2, 0.25) is 0 Å². The third-order valence-corrected chi connectivity index (χ3v) is 24.4. The summed E-state index contributed by atoms with van der Waals surface area (Å²) in [6.07, 6.45) is 51.5. The van der Waals surface area contributed by atoms with Crippen LogP contribution in [0.4, 0.5) is 0 Å². The summed E-state index contributed by atoms with van der Waals surface area (Å²) in [5, 5.41) is 0. The molecule has 21 rings (SSSR count). The molecule has 0 spiro atoms. The molecule has 2 N–H and O–H groups in total. The smallest absolute Gasteiger partial charge is 0.0737 e. The number of allylic oxidation sites excluding steroid dienone is 20. The molecule has 2 aliphatic heterocycles. The minimum absolute atomic E-state index is 0.436. The molecule has 0 saturated heterocycles. The molecule has 8 aromatic carbocycles. The van der Waals surface area contributed by atoms with Crippen LogP contribution in [0, 0.1) is 47.3 Å². The Morgan fingerprint density at radius 1 is 0.213 bits per heavy atom. The predicted molar refractivity (Wildman–Crippen MR) is 453 cm³/mol. The van der Waals surface area contributed by atoms with Gasteiger partial charge in [0.25, 0.3) is 0 Å². The van der Waals surface area contributed by atoms with Crippen molar-refractivity contribution in [1.29, 1.82) is 0 Å². The highest BCUT2D eigenvalue weighted by Crippen LogP contribution is 2.53. The number of aromatic amines is 2. The second-order valence-electron chi connectivity index (χ2n) is 30.6. The van der Waals surface area contributed by atoms with Gasteiger partial charge in [0, 0.05) is 91.7 Å². The number of hydrogen-bond acceptors (Lipinski definition) is 2. The Hall–Kier alpha value is -12.8. The van der Waals surface area contributed by atoms with E-state index in [9.17, 15) is 0 Å². The molecule has 3 aromatic heterocycles. The first-order valence-electron chi connectivity index (χ1n) is 38.7. The Labute approximate surface area is 631 Å². The van der Waals surface area contributed by atoms with Gasteiger partial charge in [0.15, 0.2) is 0 Å². The number of nitrogens with zero attached hydrogens (tertiary/aromatic N) is 2. The van der Waals surface area contributed by atoms with E-state index < -0.39 is 0 Å². The summed E-state index contributed by atoms with van der Waals surface area (Å²) in [4.78, 5) is 19.7. The van der Waals surface area contributed by atoms with E-state index in [1.807, 2.05) is 0 Å². The Bertz CT molecular complexity index is 5380. The van der Waals surface area contributed by atoms with Crippen molar-refractivity contribution < 1.29 is 0 Å². The van der Waals surface area contributed by atoms with E-state index in [2.05, 4.69) is 374 Å². The van der Waals surface area contributed by atoms with Gasteiger partial charge in [-0.3, -0.25) is 0 Å². The molecule has 8 atom stereocenters. The van der Waals surface area contributed by atoms with Crippen molar-refractivity contribution in [3.63, 3.8) is 0 Å². The normalized spacial score (nSPS) is 21.8. The number of nitrogens with one attached hydrogen (secondary N) is 2. The summed E-state index contributed by atoms with van der Waals surface area (Å²) in [6.45, 7) is 0. The Kier molecular flexibility index (Phi) is 15.7. The van der Waals surface area contributed by atoms with Gasteiger partial charge in [-0.25, -0.2) is 9.97 Å². The van der Waals surface area contributed by atoms with Crippen molar-refractivity contribution in [2.24, 2.45) is 47.3 Å². The third-order valence-electron chi connectivity index (χ3n) is 24.4. The summed E-state index contributed by atoms with van der Waals surface area (Å²) < 4.78 is 0. The zero-order valence-corrected chi connectivity index (χ0v) is 60.0. The van der Waals surface area contributed by atoms with Crippen LogP contribution >= 0.6 is 0 Å². The lowest BCUT2D eigenvalue weighted by molar-refractivity contribution is 0.726. The minimum Gasteiger partial charge on any atom is -0.354 e. The highest BCUT2D eigenvalue weighted by molar-refractivity contribution is 6.01. The van der Waals surface area contributed by atoms with Gasteiger partial charge in [-0.1, -0.05) is 316 Å². The molecule has 0 amide bonds. The lowest BCUT2D eigenvalue weighted by Gasteiger charge is -2.14. The molecule has 16 bridgehead atoms. The number of aromatic nitrogens is 4. The van der Waals surface area contributed by atoms with Crippen LogP contribution in [0.1, 0.15) is 93.0 Å². The molecule has 5 heterocycles. The molecular formula is C104H78N4. The second kappa shape index (κ2) is 26.7. The van der Waals surface area contributed by atoms with Gasteiger partial charge in [-0.2, -0.15) is 0 Å². The van der Waals surface area contributed by atoms with Gasteiger partial charge >= 0.3 is 0 Å². The summed E-state index contributed by atoms with van der Waals surface area (Å²) in [5.41, 5.74) is 37.1. The topological polar surface area (TPSA) is 57.4 Å². The minimum atomic E-state index is 0.436. The summed E-state index contributed by atoms with van der Waals surface area (Å²) >= 11 is 0. The van der Waals surface area contributed by atoms with Gasteiger partial charge in [0.05, 0.1) is 22.8 Å². The second-order valence-corrected chi connectivity index (χ2v) is 30.6. The van der Waals surface area contributed by atoms with Gasteiger partial charge in [-0.05, 0) is 186 Å². The van der Waals surface area contributed by atoms with E-state index in [-0.39, 0.29) is 0 Å². The Balaban J connectivity index is 0.724. The molecule has 8 unspecified atom stereocenters. The van der Waals surface area contributed by atoms with Crippen molar-refractivity contribution in [2.45, 2.75) is 25.7 Å². The summed E-state index contributed by atoms with van der Waals surface area (Å²) in [5.74, 6) is 3.58. The molecule has 10 aliphatic rings. The molecule has 0 fully saturated rings. The van der Waals surface area contributed by atoms with Gasteiger partial charge < -0.3 is 9.97 Å². The lowest BCUT2D eigenvalue weighted by Crippen LogP contribution is -1.96. The maximum absolute atomic E-state index is 5.79. The van der Waals surface area contributed by atoms with Gasteiger partial charge in [0.1, 0.15) is 0 Å². The zero-order chi connectivity index (χ0) is 71.2. The van der Waals surface area contributed by atoms with E-state index in [0.29, 0.717) is 47.3 Å². The Morgan fingerprint density at radius 3 is 0.648 bits per heavy atom. The first-order chi connectivity index (χ1) is 53.5. The molecule has 11 aromatic rings. The fraction of sp³-hybridized carbons (Fsp3) is 0.115. The van der Waals surface area contributed by atoms with Gasteiger partial charge in [-0.15, -0.1) is 0 Å². The first-order valence-corrected chi connectivity index (χ1v) is 38.7. The largest absolute Gasteiger partial charge is 0.354 e. The molecule has 108 heavy (non-hydrogen) atoms. The number of benzene rings is 8. The third kappa shape index (κ3) is 11.4. The van der Waals surface area contributed by atoms with Crippen LogP contribution in [0.5, 0.6) is 0 Å². The Morgan fingerprint density at radius 2 is 0.426 bits per heavy atom. The van der Waals surface area contributed by atoms with Crippen molar-refractivity contribution in [3.8, 4) is 44.5 Å². The molecule has 8 aliphatic carbocycles. The molecule has 4 heteroatoms. The van der Waals surface area contributed by atoms with Crippen molar-refractivity contribution in [1.82, 2.24) is 19.9 Å². The average Bonchev–Trinajstić information content (AvgIpc) is 1.63. The standard InChI is InChI=1S/C104H78N4/c1-5-13-69(14-6-1)97-81-45-41-77(61-81)85(97)49-29-65-21-33-73(34-22-65)101-89-53-55-91(105-89)102(74-35-23-66(24-36-74)30-50-86-78-42-46-82(62-78)98(86)70-15-7-2-8-16-70)93-57-59-95(107-93)104(76-39-27-68(28-40-76)32-52-88-80-44-48-84(64-80)100(88)72-19-11-4-12-20-72)96-60-58-94(108-96)103(92-56-54-90(101)106-92)75-37-25-67(26-38-75)31-51-87-79-43-47-83(63-79)99(87)71-17-9-3-10-18-71/h1-60,77-84,105,108H,61-64H2/b49-29-,50-30-,51-31-,52-32-,101-89?,101-90?,102-91?,102-93?,103-92?,103-94?,104-95?,104-96?. The number of hydrogen-bond donors (Lipinski definition) is 2. The van der Waals surface area contributed by atoms with Crippen molar-refractivity contribution in [2.75, 3.05) is 0 Å². The quantitative estimate of drug-likeness (QED) is 0.0947. The molecule has 514 valence electrons. The zero-order valence-electron chi connectivity index (χ0n) is 60.0. The van der Waals surface area contributed by atoms with Crippen molar-refractivity contribution in [3.05, 3.63) is 405 Å². The van der Waals surface area contributed by atoms with Crippen LogP contribution in [0.3, 0.4) is 0 Å². The van der Waals surface area contributed by atoms with Crippen molar-refractivity contribution >= 4 is 93.0 Å². The van der Waals surface area contributed by atoms with Gasteiger partial charge in [0.2, 0.25) is 0 Å². The molecular weight excluding hydrogens is 1310 g/mol. The summed E-state index contributed by atoms with van der Waals surface area (Å²) in [7, 11) is 0. The molecule has 0 radical (unpaired) electrons. The fourth-order valence-corrected chi connectivity index (χ4v) is 19.3. The van der Waals surface area contributed by atoms with E-state index in [1.54, 1.807) is 0 Å². The number of H-pyrrole nitrogens is 2. The highest BCUT2D eigenvalue weighted by atomic mass is 14.8. The first kappa shape index (κ1) is 63.7. The summed E-state index contributed by atoms with van der Waals surface area (Å²) in [6, 6.07) is 89.2. The van der Waals surface area contributed by atoms with E-state index in [4.69, 9.17) is 9.97 Å². The highest BCUT2D eigenvalue weighted by Gasteiger charge is 2.38. The number of fused-ring (bicyclic) bond motifs is 16. The number of rotatable bonds is 16. The maximum Gasteiger partial charge on any atom is 0.0737 e. The van der Waals surface area contributed by atoms with E-state index >= 15 is 0 Å². The van der Waals surface area contributed by atoms with Crippen LogP contribution < -0.4 is 0 Å². The fourth-order valence-electron chi connectivity index (χ4n) is 19.3.